The van der Waals surface area contributed by atoms with Crippen LogP contribution in [0, 0.1) is 5.82 Å². The molecule has 1 fully saturated rings. The van der Waals surface area contributed by atoms with Crippen LogP contribution < -0.4 is 5.56 Å². The summed E-state index contributed by atoms with van der Waals surface area (Å²) in [6, 6.07) is 6.07. The van der Waals surface area contributed by atoms with Gasteiger partial charge in [-0.1, -0.05) is 29.4 Å². The fraction of sp³-hybridized carbons (Fsp3) is 0.381. The number of benzene rings is 1. The number of rotatable bonds is 5. The fourth-order valence-corrected chi connectivity index (χ4v) is 5.78. The minimum atomic E-state index is -0.387. The van der Waals surface area contributed by atoms with Crippen LogP contribution >= 0.6 is 34.7 Å². The van der Waals surface area contributed by atoms with Crippen molar-refractivity contribution in [1.29, 1.82) is 0 Å². The van der Waals surface area contributed by atoms with Crippen molar-refractivity contribution in [1.82, 2.24) is 14.5 Å². The third kappa shape index (κ3) is 4.73. The molecule has 0 N–H and O–H groups in total. The van der Waals surface area contributed by atoms with Crippen molar-refractivity contribution in [2.45, 2.75) is 36.7 Å². The molecule has 10 heteroatoms. The highest BCUT2D eigenvalue weighted by Gasteiger charge is 2.28. The quantitative estimate of drug-likeness (QED) is 0.363. The number of halogens is 2. The average Bonchev–Trinajstić information content (AvgIpc) is 3.23. The van der Waals surface area contributed by atoms with Crippen LogP contribution in [0.5, 0.6) is 0 Å². The Morgan fingerprint density at radius 3 is 2.84 bits per heavy atom. The molecule has 2 aromatic heterocycles. The summed E-state index contributed by atoms with van der Waals surface area (Å²) in [5.41, 5.74) is 1.38. The van der Waals surface area contributed by atoms with E-state index in [4.69, 9.17) is 21.3 Å². The zero-order valence-corrected chi connectivity index (χ0v) is 19.2. The molecule has 3 heterocycles. The predicted octanol–water partition coefficient (Wildman–Crippen LogP) is 5.34. The second-order valence-corrected chi connectivity index (χ2v) is 9.41. The van der Waals surface area contributed by atoms with E-state index in [2.05, 4.69) is 0 Å². The highest BCUT2D eigenvalue weighted by atomic mass is 35.5. The zero-order valence-electron chi connectivity index (χ0n) is 16.8. The Morgan fingerprint density at radius 2 is 2.13 bits per heavy atom. The van der Waals surface area contributed by atoms with E-state index in [0.717, 1.165) is 5.56 Å². The van der Waals surface area contributed by atoms with Gasteiger partial charge in [0, 0.05) is 29.9 Å². The molecule has 1 amide bonds. The molecular weight excluding hydrogens is 461 g/mol. The van der Waals surface area contributed by atoms with Crippen LogP contribution in [0.3, 0.4) is 0 Å². The molecule has 0 bridgehead atoms. The van der Waals surface area contributed by atoms with Gasteiger partial charge in [-0.2, -0.15) is 0 Å². The van der Waals surface area contributed by atoms with Crippen LogP contribution in [0.1, 0.15) is 31.4 Å². The molecule has 6 nitrogen and oxygen atoms in total. The Labute approximate surface area is 192 Å². The van der Waals surface area contributed by atoms with Crippen molar-refractivity contribution < 1.29 is 13.9 Å². The first-order valence-corrected chi connectivity index (χ1v) is 12.2. The molecule has 0 saturated carbocycles. The third-order valence-corrected chi connectivity index (χ3v) is 7.45. The van der Waals surface area contributed by atoms with Gasteiger partial charge < -0.3 is 9.64 Å². The molecule has 164 valence electrons. The third-order valence-electron chi connectivity index (χ3n) is 5.21. The molecule has 0 atom stereocenters. The lowest BCUT2D eigenvalue weighted by molar-refractivity contribution is 0.0915. The minimum Gasteiger partial charge on any atom is -0.450 e. The Bertz CT molecular complexity index is 1160. The lowest BCUT2D eigenvalue weighted by atomic mass is 10.1. The second kappa shape index (κ2) is 9.58. The first kappa shape index (κ1) is 22.1. The fourth-order valence-electron chi connectivity index (χ4n) is 3.63. The van der Waals surface area contributed by atoms with Gasteiger partial charge in [-0.15, -0.1) is 11.3 Å². The molecule has 4 rings (SSSR count). The SMILES string of the molecule is CCOC(=O)N1CCC(n2c(SCc3ccc(F)cc3Cl)nc3ccsc3c2=O)CC1. The summed E-state index contributed by atoms with van der Waals surface area (Å²) in [6.07, 6.45) is 0.963. The van der Waals surface area contributed by atoms with Gasteiger partial charge in [-0.25, -0.2) is 14.2 Å². The highest BCUT2D eigenvalue weighted by Crippen LogP contribution is 2.31. The maximum absolute atomic E-state index is 13.4. The van der Waals surface area contributed by atoms with E-state index in [-0.39, 0.29) is 23.5 Å². The van der Waals surface area contributed by atoms with E-state index >= 15 is 0 Å². The van der Waals surface area contributed by atoms with E-state index in [0.29, 0.717) is 58.7 Å². The van der Waals surface area contributed by atoms with E-state index in [1.165, 1.54) is 35.2 Å². The van der Waals surface area contributed by atoms with Crippen LogP contribution in [0.2, 0.25) is 5.02 Å². The maximum Gasteiger partial charge on any atom is 0.409 e. The highest BCUT2D eigenvalue weighted by molar-refractivity contribution is 7.98. The second-order valence-electron chi connectivity index (χ2n) is 7.15. The molecule has 1 aliphatic rings. The number of likely N-dealkylation sites (tertiary alicyclic amines) is 1. The molecule has 3 aromatic rings. The standard InChI is InChI=1S/C21H21ClFN3O3S2/c1-2-29-21(28)25-8-5-15(6-9-25)26-19(27)18-17(7-10-30-18)24-20(26)31-12-13-3-4-14(23)11-16(13)22/h3-4,7,10-11,15H,2,5-6,8-9,12H2,1H3. The number of thiophene rings is 1. The summed E-state index contributed by atoms with van der Waals surface area (Å²) in [6.45, 7) is 3.16. The molecule has 0 spiro atoms. The number of carbonyl (C=O) groups excluding carboxylic acids is 1. The Hall–Kier alpha value is -2.10. The number of aromatic nitrogens is 2. The largest absolute Gasteiger partial charge is 0.450 e. The smallest absolute Gasteiger partial charge is 0.409 e. The van der Waals surface area contributed by atoms with Crippen molar-refractivity contribution in [3.05, 3.63) is 56.4 Å². The zero-order chi connectivity index (χ0) is 22.0. The number of amides is 1. The van der Waals surface area contributed by atoms with Crippen LogP contribution in [-0.4, -0.2) is 40.2 Å². The first-order chi connectivity index (χ1) is 15.0. The molecule has 1 aliphatic heterocycles. The van der Waals surface area contributed by atoms with Crippen molar-refractivity contribution in [2.24, 2.45) is 0 Å². The first-order valence-electron chi connectivity index (χ1n) is 9.96. The number of piperidine rings is 1. The number of hydrogen-bond donors (Lipinski definition) is 0. The number of carbonyl (C=O) groups is 1. The average molecular weight is 482 g/mol. The van der Waals surface area contributed by atoms with Gasteiger partial charge in [0.15, 0.2) is 5.16 Å². The number of fused-ring (bicyclic) bond motifs is 1. The molecule has 1 saturated heterocycles. The van der Waals surface area contributed by atoms with Gasteiger partial charge in [0.1, 0.15) is 10.5 Å². The Morgan fingerprint density at radius 1 is 1.35 bits per heavy atom. The van der Waals surface area contributed by atoms with Crippen molar-refractivity contribution >= 4 is 51.0 Å². The van der Waals surface area contributed by atoms with Gasteiger partial charge in [-0.3, -0.25) is 9.36 Å². The van der Waals surface area contributed by atoms with Crippen LogP contribution in [0.15, 0.2) is 39.6 Å². The molecule has 0 radical (unpaired) electrons. The summed E-state index contributed by atoms with van der Waals surface area (Å²) < 4.78 is 20.8. The predicted molar refractivity (Wildman–Crippen MR) is 122 cm³/mol. The van der Waals surface area contributed by atoms with Gasteiger partial charge in [0.25, 0.3) is 5.56 Å². The summed E-state index contributed by atoms with van der Waals surface area (Å²) >= 11 is 8.96. The normalized spacial score (nSPS) is 14.9. The van der Waals surface area contributed by atoms with Crippen molar-refractivity contribution in [3.63, 3.8) is 0 Å². The Kier molecular flexibility index (Phi) is 6.83. The lowest BCUT2D eigenvalue weighted by Gasteiger charge is -2.32. The van der Waals surface area contributed by atoms with Crippen molar-refractivity contribution in [3.8, 4) is 0 Å². The van der Waals surface area contributed by atoms with Crippen LogP contribution in [-0.2, 0) is 10.5 Å². The van der Waals surface area contributed by atoms with Crippen molar-refractivity contribution in [2.75, 3.05) is 19.7 Å². The number of ether oxygens (including phenoxy) is 1. The van der Waals surface area contributed by atoms with E-state index in [1.807, 2.05) is 11.4 Å². The van der Waals surface area contributed by atoms with Gasteiger partial charge in [0.05, 0.1) is 12.1 Å². The molecular formula is C21H21ClFN3O3S2. The van der Waals surface area contributed by atoms with Crippen LogP contribution in [0.4, 0.5) is 9.18 Å². The monoisotopic (exact) mass is 481 g/mol. The van der Waals surface area contributed by atoms with Crippen LogP contribution in [0.25, 0.3) is 10.2 Å². The Balaban J connectivity index is 1.61. The van der Waals surface area contributed by atoms with E-state index < -0.39 is 0 Å². The molecule has 1 aromatic carbocycles. The number of thioether (sulfide) groups is 1. The minimum absolute atomic E-state index is 0.0663. The molecule has 0 unspecified atom stereocenters. The molecule has 0 aliphatic carbocycles. The number of nitrogens with zero attached hydrogens (tertiary/aromatic N) is 3. The maximum atomic E-state index is 13.4. The summed E-state index contributed by atoms with van der Waals surface area (Å²) in [5.74, 6) is 0.0740. The summed E-state index contributed by atoms with van der Waals surface area (Å²) in [7, 11) is 0. The summed E-state index contributed by atoms with van der Waals surface area (Å²) in [5, 5.41) is 2.81. The number of hydrogen-bond acceptors (Lipinski definition) is 6. The summed E-state index contributed by atoms with van der Waals surface area (Å²) in [4.78, 5) is 31.7. The van der Waals surface area contributed by atoms with E-state index in [1.54, 1.807) is 22.5 Å². The van der Waals surface area contributed by atoms with Gasteiger partial charge in [0.2, 0.25) is 0 Å². The van der Waals surface area contributed by atoms with Gasteiger partial charge >= 0.3 is 6.09 Å². The van der Waals surface area contributed by atoms with Gasteiger partial charge in [-0.05, 0) is 48.9 Å². The molecule has 31 heavy (non-hydrogen) atoms. The topological polar surface area (TPSA) is 64.4 Å². The lowest BCUT2D eigenvalue weighted by Crippen LogP contribution is -2.41. The van der Waals surface area contributed by atoms with E-state index in [9.17, 15) is 14.0 Å².